The van der Waals surface area contributed by atoms with Crippen molar-refractivity contribution in [2.45, 2.75) is 20.8 Å². The van der Waals surface area contributed by atoms with Crippen molar-refractivity contribution < 1.29 is 9.59 Å². The van der Waals surface area contributed by atoms with Gasteiger partial charge in [-0.05, 0) is 44.0 Å². The zero-order valence-electron chi connectivity index (χ0n) is 11.1. The van der Waals surface area contributed by atoms with Gasteiger partial charge in [0.05, 0.1) is 0 Å². The number of nitrogens with zero attached hydrogens (tertiary/aromatic N) is 2. The Morgan fingerprint density at radius 1 is 1.00 bits per heavy atom. The Kier molecular flexibility index (Phi) is 3.36. The van der Waals surface area contributed by atoms with Crippen LogP contribution >= 0.6 is 0 Å². The highest BCUT2D eigenvalue weighted by Crippen LogP contribution is 2.21. The van der Waals surface area contributed by atoms with E-state index in [9.17, 15) is 9.59 Å². The number of likely N-dealkylation sites (N-methyl/N-ethyl adjacent to an activating group) is 1. The Bertz CT molecular complexity index is 476. The Labute approximate surface area is 107 Å². The predicted octanol–water partition coefficient (Wildman–Crippen LogP) is 1.50. The molecule has 96 valence electrons. The minimum atomic E-state index is -0.423. The summed E-state index contributed by atoms with van der Waals surface area (Å²) < 4.78 is 0. The molecule has 1 aliphatic heterocycles. The summed E-state index contributed by atoms with van der Waals surface area (Å²) in [5, 5.41) is 0. The molecular formula is C14H18N2O2. The molecule has 0 aliphatic carbocycles. The maximum atomic E-state index is 12.1. The molecule has 1 heterocycles. The number of hydrogen-bond donors (Lipinski definition) is 0. The molecule has 0 atom stereocenters. The standard InChI is InChI=1S/C14H18N2O2/c1-4-15-5-6-16(14(18)13(15)17)12-8-10(2)7-11(3)9-12/h7-9H,4-6H2,1-3H3. The molecule has 0 radical (unpaired) electrons. The average Bonchev–Trinajstić information content (AvgIpc) is 2.31. The molecule has 4 nitrogen and oxygen atoms in total. The van der Waals surface area contributed by atoms with Gasteiger partial charge in [0, 0.05) is 25.3 Å². The van der Waals surface area contributed by atoms with Crippen LogP contribution in [-0.4, -0.2) is 36.3 Å². The van der Waals surface area contributed by atoms with Gasteiger partial charge in [-0.15, -0.1) is 0 Å². The van der Waals surface area contributed by atoms with E-state index in [0.29, 0.717) is 19.6 Å². The van der Waals surface area contributed by atoms with E-state index < -0.39 is 11.8 Å². The molecule has 1 aromatic carbocycles. The Morgan fingerprint density at radius 3 is 2.17 bits per heavy atom. The Hall–Kier alpha value is -1.84. The van der Waals surface area contributed by atoms with Gasteiger partial charge in [-0.25, -0.2) is 0 Å². The van der Waals surface area contributed by atoms with Crippen molar-refractivity contribution in [1.82, 2.24) is 4.90 Å². The number of piperazine rings is 1. The molecule has 0 spiro atoms. The van der Waals surface area contributed by atoms with Gasteiger partial charge in [-0.3, -0.25) is 9.59 Å². The van der Waals surface area contributed by atoms with Crippen molar-refractivity contribution >= 4 is 17.5 Å². The van der Waals surface area contributed by atoms with Crippen LogP contribution in [0.1, 0.15) is 18.1 Å². The fraction of sp³-hybridized carbons (Fsp3) is 0.429. The van der Waals surface area contributed by atoms with Crippen molar-refractivity contribution in [3.63, 3.8) is 0 Å². The van der Waals surface area contributed by atoms with E-state index in [1.54, 1.807) is 9.80 Å². The monoisotopic (exact) mass is 246 g/mol. The van der Waals surface area contributed by atoms with Crippen LogP contribution in [0.15, 0.2) is 18.2 Å². The second-order valence-electron chi connectivity index (χ2n) is 4.69. The number of hydrogen-bond acceptors (Lipinski definition) is 2. The van der Waals surface area contributed by atoms with Crippen LogP contribution in [0.5, 0.6) is 0 Å². The first-order valence-corrected chi connectivity index (χ1v) is 6.22. The van der Waals surface area contributed by atoms with Crippen LogP contribution in [0.25, 0.3) is 0 Å². The number of anilines is 1. The molecule has 0 aromatic heterocycles. The molecule has 0 bridgehead atoms. The predicted molar refractivity (Wildman–Crippen MR) is 70.5 cm³/mol. The Morgan fingerprint density at radius 2 is 1.61 bits per heavy atom. The number of amides is 2. The van der Waals surface area contributed by atoms with E-state index in [0.717, 1.165) is 16.8 Å². The second kappa shape index (κ2) is 4.80. The van der Waals surface area contributed by atoms with E-state index in [-0.39, 0.29) is 0 Å². The summed E-state index contributed by atoms with van der Waals surface area (Å²) >= 11 is 0. The fourth-order valence-electron chi connectivity index (χ4n) is 2.33. The fourth-order valence-corrected chi connectivity index (χ4v) is 2.33. The summed E-state index contributed by atoms with van der Waals surface area (Å²) in [5.74, 6) is -0.823. The van der Waals surface area contributed by atoms with Crippen LogP contribution in [0.4, 0.5) is 5.69 Å². The van der Waals surface area contributed by atoms with Gasteiger partial charge in [0.25, 0.3) is 0 Å². The molecule has 18 heavy (non-hydrogen) atoms. The van der Waals surface area contributed by atoms with Gasteiger partial charge < -0.3 is 9.80 Å². The van der Waals surface area contributed by atoms with E-state index in [4.69, 9.17) is 0 Å². The third-order valence-electron chi connectivity index (χ3n) is 3.21. The molecule has 1 fully saturated rings. The average molecular weight is 246 g/mol. The lowest BCUT2D eigenvalue weighted by molar-refractivity contribution is -0.146. The molecule has 0 N–H and O–H groups in total. The van der Waals surface area contributed by atoms with E-state index in [1.807, 2.05) is 32.9 Å². The number of aryl methyl sites for hydroxylation is 2. The molecule has 2 amide bonds. The summed E-state index contributed by atoms with van der Waals surface area (Å²) in [5.41, 5.74) is 3.02. The van der Waals surface area contributed by atoms with Crippen LogP contribution in [0.2, 0.25) is 0 Å². The maximum Gasteiger partial charge on any atom is 0.316 e. The van der Waals surface area contributed by atoms with Gasteiger partial charge in [0.2, 0.25) is 0 Å². The molecule has 0 unspecified atom stereocenters. The van der Waals surface area contributed by atoms with Gasteiger partial charge in [0.15, 0.2) is 0 Å². The van der Waals surface area contributed by atoms with E-state index in [2.05, 4.69) is 6.07 Å². The quantitative estimate of drug-likeness (QED) is 0.742. The van der Waals surface area contributed by atoms with Crippen molar-refractivity contribution in [1.29, 1.82) is 0 Å². The minimum absolute atomic E-state index is 0.400. The lowest BCUT2D eigenvalue weighted by atomic mass is 10.1. The number of rotatable bonds is 2. The zero-order chi connectivity index (χ0) is 13.3. The second-order valence-corrected chi connectivity index (χ2v) is 4.69. The van der Waals surface area contributed by atoms with Gasteiger partial charge in [0.1, 0.15) is 0 Å². The SMILES string of the molecule is CCN1CCN(c2cc(C)cc(C)c2)C(=O)C1=O. The summed E-state index contributed by atoms with van der Waals surface area (Å²) in [6.07, 6.45) is 0. The topological polar surface area (TPSA) is 40.6 Å². The molecule has 1 aliphatic rings. The zero-order valence-corrected chi connectivity index (χ0v) is 11.1. The lowest BCUT2D eigenvalue weighted by Gasteiger charge is -2.33. The summed E-state index contributed by atoms with van der Waals surface area (Å²) in [7, 11) is 0. The first-order chi connectivity index (χ1) is 8.52. The lowest BCUT2D eigenvalue weighted by Crippen LogP contribution is -2.54. The van der Waals surface area contributed by atoms with E-state index >= 15 is 0 Å². The molecule has 1 aromatic rings. The highest BCUT2D eigenvalue weighted by molar-refractivity contribution is 6.41. The number of benzene rings is 1. The largest absolute Gasteiger partial charge is 0.333 e. The molecule has 4 heteroatoms. The van der Waals surface area contributed by atoms with Crippen LogP contribution < -0.4 is 4.90 Å². The number of carbonyl (C=O) groups is 2. The van der Waals surface area contributed by atoms with Gasteiger partial charge in [-0.2, -0.15) is 0 Å². The third-order valence-corrected chi connectivity index (χ3v) is 3.21. The highest BCUT2D eigenvalue weighted by Gasteiger charge is 2.32. The molecule has 0 saturated carbocycles. The molecular weight excluding hydrogens is 228 g/mol. The minimum Gasteiger partial charge on any atom is -0.333 e. The summed E-state index contributed by atoms with van der Waals surface area (Å²) in [6, 6.07) is 5.94. The van der Waals surface area contributed by atoms with Crippen LogP contribution in [0.3, 0.4) is 0 Å². The number of carbonyl (C=O) groups excluding carboxylic acids is 2. The van der Waals surface area contributed by atoms with Crippen LogP contribution in [0, 0.1) is 13.8 Å². The van der Waals surface area contributed by atoms with Gasteiger partial charge >= 0.3 is 11.8 Å². The molecule has 2 rings (SSSR count). The summed E-state index contributed by atoms with van der Waals surface area (Å²) in [4.78, 5) is 27.1. The maximum absolute atomic E-state index is 12.1. The van der Waals surface area contributed by atoms with Gasteiger partial charge in [-0.1, -0.05) is 6.07 Å². The Balaban J connectivity index is 2.29. The smallest absolute Gasteiger partial charge is 0.316 e. The van der Waals surface area contributed by atoms with Crippen molar-refractivity contribution in [3.05, 3.63) is 29.3 Å². The third kappa shape index (κ3) is 2.23. The molecule has 1 saturated heterocycles. The van der Waals surface area contributed by atoms with Crippen molar-refractivity contribution in [2.75, 3.05) is 24.5 Å². The first kappa shape index (κ1) is 12.6. The van der Waals surface area contributed by atoms with Crippen LogP contribution in [-0.2, 0) is 9.59 Å². The van der Waals surface area contributed by atoms with Crippen molar-refractivity contribution in [3.8, 4) is 0 Å². The normalized spacial score (nSPS) is 16.4. The highest BCUT2D eigenvalue weighted by atomic mass is 16.2. The van der Waals surface area contributed by atoms with Crippen molar-refractivity contribution in [2.24, 2.45) is 0 Å². The summed E-state index contributed by atoms with van der Waals surface area (Å²) in [6.45, 7) is 7.63. The van der Waals surface area contributed by atoms with E-state index in [1.165, 1.54) is 0 Å². The first-order valence-electron chi connectivity index (χ1n) is 6.22.